The molecule has 0 amide bonds. The van der Waals surface area contributed by atoms with Gasteiger partial charge in [-0.05, 0) is 28.4 Å². The highest BCUT2D eigenvalue weighted by Crippen LogP contribution is 2.42. The molecule has 0 aromatic heterocycles. The third-order valence-electron chi connectivity index (χ3n) is 2.52. The van der Waals surface area contributed by atoms with Gasteiger partial charge in [-0.25, -0.2) is 4.99 Å². The Balaban J connectivity index is 3.68. The molecule has 0 spiro atoms. The minimum atomic E-state index is -5.03. The molecule has 1 aromatic rings. The van der Waals surface area contributed by atoms with Crippen LogP contribution < -0.4 is 5.73 Å². The Bertz CT molecular complexity index is 670. The minimum Gasteiger partial charge on any atom is -0.382 e. The molecule has 0 saturated carbocycles. The maximum Gasteiger partial charge on any atom is 0.376 e. The van der Waals surface area contributed by atoms with Gasteiger partial charge in [-0.2, -0.15) is 17.6 Å². The molecule has 0 aliphatic rings. The number of nitro groups is 2. The first-order chi connectivity index (χ1) is 10.3. The normalized spacial score (nSPS) is 13.0. The predicted molar refractivity (Wildman–Crippen MR) is 74.6 cm³/mol. The Morgan fingerprint density at radius 3 is 1.87 bits per heavy atom. The predicted octanol–water partition coefficient (Wildman–Crippen LogP) is 3.42. The van der Waals surface area contributed by atoms with Gasteiger partial charge in [0.25, 0.3) is 0 Å². The number of benzene rings is 1. The summed E-state index contributed by atoms with van der Waals surface area (Å²) >= 11 is 1.41. The van der Waals surface area contributed by atoms with E-state index in [0.29, 0.717) is 0 Å². The van der Waals surface area contributed by atoms with Crippen molar-refractivity contribution in [2.45, 2.75) is 17.7 Å². The topological polar surface area (TPSA) is 125 Å². The van der Waals surface area contributed by atoms with Crippen molar-refractivity contribution >= 4 is 38.8 Å². The van der Waals surface area contributed by atoms with Crippen LogP contribution in [0.1, 0.15) is 5.56 Å². The second-order valence-corrected chi connectivity index (χ2v) is 5.23. The van der Waals surface area contributed by atoms with Crippen LogP contribution in [-0.2, 0) is 0 Å². The van der Waals surface area contributed by atoms with E-state index in [4.69, 9.17) is 5.73 Å². The van der Waals surface area contributed by atoms with Crippen LogP contribution in [0.25, 0.3) is 0 Å². The average molecular weight is 403 g/mol. The number of nitrogens with two attached hydrogens (primary N) is 1. The van der Waals surface area contributed by atoms with Gasteiger partial charge in [-0.3, -0.25) is 20.2 Å². The summed E-state index contributed by atoms with van der Waals surface area (Å²) in [7, 11) is 0. The molecule has 0 unspecified atom stereocenters. The molecule has 0 fully saturated rings. The molecule has 0 bridgehead atoms. The molecule has 8 nitrogen and oxygen atoms in total. The maximum absolute atomic E-state index is 13.4. The van der Waals surface area contributed by atoms with Crippen LogP contribution in [0.4, 0.5) is 34.6 Å². The monoisotopic (exact) mass is 402 g/mol. The number of amidine groups is 1. The van der Waals surface area contributed by atoms with Gasteiger partial charge in [-0.15, -0.1) is 0 Å². The van der Waals surface area contributed by atoms with Crippen molar-refractivity contribution in [1.82, 2.24) is 0 Å². The lowest BCUT2D eigenvalue weighted by atomic mass is 10.1. The minimum absolute atomic E-state index is 0.0681. The first kappa shape index (κ1) is 18.7. The van der Waals surface area contributed by atoms with E-state index < -0.39 is 43.5 Å². The van der Waals surface area contributed by atoms with Gasteiger partial charge in [0.15, 0.2) is 5.84 Å². The summed E-state index contributed by atoms with van der Waals surface area (Å²) in [6.07, 6.45) is 0. The second kappa shape index (κ2) is 6.06. The van der Waals surface area contributed by atoms with Crippen LogP contribution >= 0.6 is 15.9 Å². The quantitative estimate of drug-likeness (QED) is 0.201. The summed E-state index contributed by atoms with van der Waals surface area (Å²) < 4.78 is 52.3. The third kappa shape index (κ3) is 3.72. The van der Waals surface area contributed by atoms with Crippen LogP contribution in [0.2, 0.25) is 0 Å². The first-order valence-corrected chi connectivity index (χ1v) is 6.31. The molecule has 0 saturated heterocycles. The molecular formula is C10H7BrF4N4O4. The Labute approximate surface area is 133 Å². The number of aliphatic imine (C=N–C) groups is 1. The van der Waals surface area contributed by atoms with Gasteiger partial charge < -0.3 is 5.73 Å². The zero-order valence-corrected chi connectivity index (χ0v) is 12.7. The van der Waals surface area contributed by atoms with Gasteiger partial charge in [0, 0.05) is 12.1 Å². The fourth-order valence-electron chi connectivity index (χ4n) is 1.47. The highest BCUT2D eigenvalue weighted by molar-refractivity contribution is 9.10. The lowest BCUT2D eigenvalue weighted by Crippen LogP contribution is -2.47. The summed E-state index contributed by atoms with van der Waals surface area (Å²) in [5.41, 5.74) is 1.67. The van der Waals surface area contributed by atoms with E-state index >= 15 is 0 Å². The number of rotatable bonds is 5. The van der Waals surface area contributed by atoms with E-state index in [1.165, 1.54) is 22.9 Å². The van der Waals surface area contributed by atoms with E-state index in [1.54, 1.807) is 0 Å². The summed E-state index contributed by atoms with van der Waals surface area (Å²) in [5, 5.41) is 21.8. The van der Waals surface area contributed by atoms with Crippen LogP contribution in [-0.4, -0.2) is 26.4 Å². The van der Waals surface area contributed by atoms with Crippen molar-refractivity contribution in [2.24, 2.45) is 10.7 Å². The highest BCUT2D eigenvalue weighted by atomic mass is 79.9. The lowest BCUT2D eigenvalue weighted by molar-refractivity contribution is -0.392. The van der Waals surface area contributed by atoms with Gasteiger partial charge in [-0.1, -0.05) is 0 Å². The molecule has 0 heterocycles. The molecule has 13 heteroatoms. The Morgan fingerprint density at radius 1 is 1.17 bits per heavy atom. The number of nitrogens with zero attached hydrogens (tertiary/aromatic N) is 3. The zero-order valence-electron chi connectivity index (χ0n) is 11.1. The van der Waals surface area contributed by atoms with E-state index in [0.717, 1.165) is 12.1 Å². The molecule has 1 rings (SSSR count). The smallest absolute Gasteiger partial charge is 0.376 e. The van der Waals surface area contributed by atoms with Crippen molar-refractivity contribution in [3.63, 3.8) is 0 Å². The molecular weight excluding hydrogens is 396 g/mol. The fraction of sp³-hybridized carbons (Fsp3) is 0.300. The largest absolute Gasteiger partial charge is 0.382 e. The Kier molecular flexibility index (Phi) is 4.94. The summed E-state index contributed by atoms with van der Waals surface area (Å²) in [6.45, 7) is 1.28. The third-order valence-corrected chi connectivity index (χ3v) is 3.02. The number of hydrogen-bond donors (Lipinski definition) is 1. The molecule has 1 aromatic carbocycles. The number of aryl methyl sites for hydroxylation is 1. The average Bonchev–Trinajstić information content (AvgIpc) is 2.38. The van der Waals surface area contributed by atoms with Gasteiger partial charge in [0.05, 0.1) is 9.85 Å². The zero-order chi connectivity index (χ0) is 18.2. The van der Waals surface area contributed by atoms with E-state index in [9.17, 15) is 37.8 Å². The molecule has 0 aliphatic carbocycles. The summed E-state index contributed by atoms with van der Waals surface area (Å²) in [6, 6.07) is 1.62. The van der Waals surface area contributed by atoms with Crippen molar-refractivity contribution in [1.29, 1.82) is 0 Å². The number of nitro benzene ring substituents is 2. The molecule has 0 radical (unpaired) electrons. The van der Waals surface area contributed by atoms with Gasteiger partial charge >= 0.3 is 22.1 Å². The molecule has 0 atom stereocenters. The van der Waals surface area contributed by atoms with Crippen molar-refractivity contribution in [2.75, 3.05) is 0 Å². The summed E-state index contributed by atoms with van der Waals surface area (Å²) in [5.74, 6) is -7.05. The van der Waals surface area contributed by atoms with Crippen LogP contribution in [0.5, 0.6) is 0 Å². The van der Waals surface area contributed by atoms with Crippen LogP contribution in [0.15, 0.2) is 17.1 Å². The summed E-state index contributed by atoms with van der Waals surface area (Å²) in [4.78, 5) is 17.6. The highest BCUT2D eigenvalue weighted by Gasteiger charge is 2.58. The fourth-order valence-corrected chi connectivity index (χ4v) is 1.67. The maximum atomic E-state index is 13.4. The Morgan fingerprint density at radius 2 is 1.57 bits per heavy atom. The number of halogens is 5. The standard InChI is InChI=1S/C10H7BrF4N4O4/c1-4-2-5(18(20)21)7(6(3-4)19(22)23)17-8(16)9(12,13)10(11,14)15/h2-3H,1H3,(H2,16,17). The number of alkyl halides is 5. The first-order valence-electron chi connectivity index (χ1n) is 5.51. The second-order valence-electron chi connectivity index (χ2n) is 4.24. The van der Waals surface area contributed by atoms with E-state index in [-0.39, 0.29) is 5.56 Å². The van der Waals surface area contributed by atoms with Crippen molar-refractivity contribution in [3.8, 4) is 0 Å². The van der Waals surface area contributed by atoms with E-state index in [2.05, 4.69) is 4.99 Å². The van der Waals surface area contributed by atoms with Gasteiger partial charge in [0.1, 0.15) is 0 Å². The molecule has 0 aliphatic heterocycles. The Hall–Kier alpha value is -2.31. The van der Waals surface area contributed by atoms with Crippen molar-refractivity contribution in [3.05, 3.63) is 37.9 Å². The van der Waals surface area contributed by atoms with Crippen LogP contribution in [0.3, 0.4) is 0 Å². The molecule has 2 N–H and O–H groups in total. The SMILES string of the molecule is Cc1cc([N+](=O)[O-])c(N=C(N)C(F)(F)C(F)(F)Br)c([N+](=O)[O-])c1. The molecule has 126 valence electrons. The van der Waals surface area contributed by atoms with Crippen molar-refractivity contribution < 1.29 is 27.4 Å². The number of hydrogen-bond acceptors (Lipinski definition) is 5. The van der Waals surface area contributed by atoms with E-state index in [1.807, 2.05) is 0 Å². The lowest BCUT2D eigenvalue weighted by Gasteiger charge is -2.20. The van der Waals surface area contributed by atoms with Crippen LogP contribution in [0, 0.1) is 27.2 Å². The molecule has 23 heavy (non-hydrogen) atoms. The van der Waals surface area contributed by atoms with Gasteiger partial charge in [0.2, 0.25) is 5.69 Å².